The fraction of sp³-hybridized carbons (Fsp3) is 0.412. The van der Waals surface area contributed by atoms with Gasteiger partial charge in [0.05, 0.1) is 9.83 Å². The molecular formula is C17H17F3N2O5S. The number of nitrogens with zero attached hydrogens (tertiary/aromatic N) is 2. The Morgan fingerprint density at radius 1 is 1.29 bits per heavy atom. The van der Waals surface area contributed by atoms with Gasteiger partial charge in [0.25, 0.3) is 11.1 Å². The standard InChI is InChI=1S/C17H17F3N2O5S/c1-3-9(4-2)8-21-15(24)13(28-16(21)25)7-10-5-11(17(18,19)20)14(23)12(6-10)22(26)27/h5-7,9,23H,3-4,8H2,1-2H3/b13-7-. The molecule has 0 bridgehead atoms. The summed E-state index contributed by atoms with van der Waals surface area (Å²) >= 11 is 0.556. The van der Waals surface area contributed by atoms with E-state index >= 15 is 0 Å². The molecule has 1 aromatic rings. The molecule has 1 heterocycles. The Morgan fingerprint density at radius 3 is 2.39 bits per heavy atom. The highest BCUT2D eigenvalue weighted by molar-refractivity contribution is 8.18. The fourth-order valence-electron chi connectivity index (χ4n) is 2.69. The number of hydrogen-bond acceptors (Lipinski definition) is 6. The average Bonchev–Trinajstić information content (AvgIpc) is 2.86. The largest absolute Gasteiger partial charge is 0.502 e. The number of thioether (sulfide) groups is 1. The van der Waals surface area contributed by atoms with Gasteiger partial charge in [0, 0.05) is 12.6 Å². The highest BCUT2D eigenvalue weighted by Crippen LogP contribution is 2.42. The van der Waals surface area contributed by atoms with E-state index in [1.165, 1.54) is 0 Å². The zero-order valence-corrected chi connectivity index (χ0v) is 15.8. The predicted octanol–water partition coefficient (Wildman–Crippen LogP) is 4.79. The number of phenolic OH excluding ortho intramolecular Hbond substituents is 1. The van der Waals surface area contributed by atoms with E-state index in [0.29, 0.717) is 17.8 Å². The molecule has 1 aromatic carbocycles. The SMILES string of the molecule is CCC(CC)CN1C(=O)S/C(=C\c2cc([N+](=O)[O-])c(O)c(C(F)(F)F)c2)C1=O. The van der Waals surface area contributed by atoms with Gasteiger partial charge in [-0.1, -0.05) is 26.7 Å². The Morgan fingerprint density at radius 2 is 1.89 bits per heavy atom. The highest BCUT2D eigenvalue weighted by atomic mass is 32.2. The molecule has 0 aromatic heterocycles. The molecule has 0 atom stereocenters. The van der Waals surface area contributed by atoms with Crippen LogP contribution in [-0.4, -0.2) is 32.6 Å². The van der Waals surface area contributed by atoms with Crippen LogP contribution in [0.5, 0.6) is 5.75 Å². The van der Waals surface area contributed by atoms with Crippen molar-refractivity contribution in [2.75, 3.05) is 6.54 Å². The summed E-state index contributed by atoms with van der Waals surface area (Å²) in [5.74, 6) is -2.07. The number of amides is 2. The normalized spacial score (nSPS) is 16.5. The van der Waals surface area contributed by atoms with Crippen LogP contribution in [0.4, 0.5) is 23.7 Å². The van der Waals surface area contributed by atoms with Gasteiger partial charge in [0.2, 0.25) is 5.75 Å². The summed E-state index contributed by atoms with van der Waals surface area (Å²) < 4.78 is 39.2. The Hall–Kier alpha value is -2.56. The molecule has 1 aliphatic rings. The van der Waals surface area contributed by atoms with E-state index in [-0.39, 0.29) is 22.9 Å². The lowest BCUT2D eigenvalue weighted by atomic mass is 10.0. The summed E-state index contributed by atoms with van der Waals surface area (Å²) in [4.78, 5) is 35.3. The second kappa shape index (κ2) is 8.21. The lowest BCUT2D eigenvalue weighted by Gasteiger charge is -2.19. The molecule has 2 amide bonds. The molecule has 0 unspecified atom stereocenters. The van der Waals surface area contributed by atoms with E-state index in [1.54, 1.807) is 0 Å². The minimum absolute atomic E-state index is 0.0967. The van der Waals surface area contributed by atoms with Crippen LogP contribution in [0, 0.1) is 16.0 Å². The Kier molecular flexibility index (Phi) is 6.37. The van der Waals surface area contributed by atoms with Crippen molar-refractivity contribution in [3.8, 4) is 5.75 Å². The number of carbonyl (C=O) groups excluding carboxylic acids is 2. The van der Waals surface area contributed by atoms with Crippen LogP contribution in [0.2, 0.25) is 0 Å². The first-order valence-corrected chi connectivity index (χ1v) is 9.15. The molecule has 28 heavy (non-hydrogen) atoms. The minimum Gasteiger partial charge on any atom is -0.502 e. The molecule has 1 N–H and O–H groups in total. The minimum atomic E-state index is -5.03. The van der Waals surface area contributed by atoms with Gasteiger partial charge in [-0.3, -0.25) is 24.6 Å². The van der Waals surface area contributed by atoms with E-state index in [4.69, 9.17) is 0 Å². The molecule has 11 heteroatoms. The van der Waals surface area contributed by atoms with Crippen molar-refractivity contribution in [2.24, 2.45) is 5.92 Å². The zero-order valence-electron chi connectivity index (χ0n) is 14.9. The molecule has 1 aliphatic heterocycles. The van der Waals surface area contributed by atoms with Gasteiger partial charge >= 0.3 is 11.9 Å². The van der Waals surface area contributed by atoms with Crippen molar-refractivity contribution in [1.29, 1.82) is 0 Å². The van der Waals surface area contributed by atoms with Gasteiger partial charge in [-0.05, 0) is 35.4 Å². The Labute approximate surface area is 162 Å². The van der Waals surface area contributed by atoms with E-state index in [2.05, 4.69) is 0 Å². The van der Waals surface area contributed by atoms with E-state index in [0.717, 1.165) is 29.9 Å². The van der Waals surface area contributed by atoms with Crippen LogP contribution >= 0.6 is 11.8 Å². The maximum Gasteiger partial charge on any atom is 0.420 e. The van der Waals surface area contributed by atoms with Crippen molar-refractivity contribution in [3.63, 3.8) is 0 Å². The number of rotatable bonds is 6. The number of nitro benzene ring substituents is 1. The van der Waals surface area contributed by atoms with Crippen LogP contribution in [-0.2, 0) is 11.0 Å². The van der Waals surface area contributed by atoms with Crippen LogP contribution in [0.1, 0.15) is 37.8 Å². The number of hydrogen-bond donors (Lipinski definition) is 1. The van der Waals surface area contributed by atoms with Crippen molar-refractivity contribution < 1.29 is 32.8 Å². The van der Waals surface area contributed by atoms with Gasteiger partial charge in [-0.15, -0.1) is 0 Å². The molecule has 1 saturated heterocycles. The van der Waals surface area contributed by atoms with Gasteiger partial charge < -0.3 is 5.11 Å². The first-order valence-electron chi connectivity index (χ1n) is 8.33. The van der Waals surface area contributed by atoms with Gasteiger partial charge in [0.15, 0.2) is 0 Å². The molecule has 1 fully saturated rings. The lowest BCUT2D eigenvalue weighted by Crippen LogP contribution is -2.33. The monoisotopic (exact) mass is 418 g/mol. The summed E-state index contributed by atoms with van der Waals surface area (Å²) in [6, 6.07) is 1.22. The van der Waals surface area contributed by atoms with Crippen LogP contribution in [0.25, 0.3) is 6.08 Å². The first-order chi connectivity index (χ1) is 13.0. The van der Waals surface area contributed by atoms with Crippen LogP contribution < -0.4 is 0 Å². The molecule has 0 saturated carbocycles. The smallest absolute Gasteiger partial charge is 0.420 e. The molecule has 152 valence electrons. The van der Waals surface area contributed by atoms with Crippen molar-refractivity contribution in [1.82, 2.24) is 4.90 Å². The quantitative estimate of drug-likeness (QED) is 0.405. The topological polar surface area (TPSA) is 101 Å². The van der Waals surface area contributed by atoms with E-state index < -0.39 is 39.2 Å². The van der Waals surface area contributed by atoms with Crippen molar-refractivity contribution in [3.05, 3.63) is 38.3 Å². The predicted molar refractivity (Wildman–Crippen MR) is 96.5 cm³/mol. The maximum absolute atomic E-state index is 13.1. The Bertz CT molecular complexity index is 850. The number of nitro groups is 1. The van der Waals surface area contributed by atoms with Gasteiger partial charge in [-0.2, -0.15) is 13.2 Å². The van der Waals surface area contributed by atoms with Crippen LogP contribution in [0.3, 0.4) is 0 Å². The van der Waals surface area contributed by atoms with Gasteiger partial charge in [-0.25, -0.2) is 0 Å². The first kappa shape index (κ1) is 21.7. The number of imide groups is 1. The molecule has 0 aliphatic carbocycles. The molecule has 0 spiro atoms. The number of halogens is 3. The third-order valence-corrected chi connectivity index (χ3v) is 5.29. The number of benzene rings is 1. The third-order valence-electron chi connectivity index (χ3n) is 4.38. The third kappa shape index (κ3) is 4.46. The second-order valence-corrected chi connectivity index (χ2v) is 7.16. The maximum atomic E-state index is 13.1. The number of carbonyl (C=O) groups is 2. The summed E-state index contributed by atoms with van der Waals surface area (Å²) in [7, 11) is 0. The number of alkyl halides is 3. The van der Waals surface area contributed by atoms with Crippen LogP contribution in [0.15, 0.2) is 17.0 Å². The second-order valence-electron chi connectivity index (χ2n) is 6.17. The Balaban J connectivity index is 2.45. The fourth-order valence-corrected chi connectivity index (χ4v) is 3.54. The summed E-state index contributed by atoms with van der Waals surface area (Å²) in [6.07, 6.45) is -2.56. The molecule has 2 rings (SSSR count). The van der Waals surface area contributed by atoms with Crippen molar-refractivity contribution in [2.45, 2.75) is 32.9 Å². The lowest BCUT2D eigenvalue weighted by molar-refractivity contribution is -0.386. The van der Waals surface area contributed by atoms with E-state index in [9.17, 15) is 38.0 Å². The summed E-state index contributed by atoms with van der Waals surface area (Å²) in [5.41, 5.74) is -3.05. The van der Waals surface area contributed by atoms with Gasteiger partial charge in [0.1, 0.15) is 5.56 Å². The zero-order chi connectivity index (χ0) is 21.2. The number of aromatic hydroxyl groups is 1. The molecule has 7 nitrogen and oxygen atoms in total. The summed E-state index contributed by atoms with van der Waals surface area (Å²) in [5, 5.41) is 20.0. The van der Waals surface area contributed by atoms with Crippen molar-refractivity contribution >= 4 is 34.7 Å². The highest BCUT2D eigenvalue weighted by Gasteiger charge is 2.39. The summed E-state index contributed by atoms with van der Waals surface area (Å²) in [6.45, 7) is 4.02. The average molecular weight is 418 g/mol. The molecule has 0 radical (unpaired) electrons. The number of phenols is 1. The van der Waals surface area contributed by atoms with E-state index in [1.807, 2.05) is 13.8 Å². The molecular weight excluding hydrogens is 401 g/mol.